The van der Waals surface area contributed by atoms with Gasteiger partial charge in [0.15, 0.2) is 5.83 Å². The van der Waals surface area contributed by atoms with E-state index in [9.17, 15) is 12.8 Å². The van der Waals surface area contributed by atoms with Gasteiger partial charge in [-0.1, -0.05) is 19.6 Å². The van der Waals surface area contributed by atoms with Crippen molar-refractivity contribution in [1.29, 1.82) is 0 Å². The topological polar surface area (TPSA) is 69.4 Å². The molecule has 0 spiro atoms. The lowest BCUT2D eigenvalue weighted by atomic mass is 10.0. The molecule has 0 aromatic carbocycles. The lowest BCUT2D eigenvalue weighted by molar-refractivity contribution is 0.0881. The van der Waals surface area contributed by atoms with Crippen LogP contribution in [0.1, 0.15) is 20.8 Å². The maximum Gasteiger partial charge on any atom is 0.215 e. The number of ether oxygens (including phenoxy) is 1. The Morgan fingerprint density at radius 1 is 1.44 bits per heavy atom. The first-order chi connectivity index (χ1) is 8.15. The van der Waals surface area contributed by atoms with Crippen LogP contribution in [0.25, 0.3) is 0 Å². The SMILES string of the molecule is C=CC([C@H](C)[C@H](C)OC(=C)/C(F)=C\C)S(N)(=O)=O. The molecule has 0 aliphatic rings. The third-order valence-corrected chi connectivity index (χ3v) is 4.10. The Kier molecular flexibility index (Phi) is 6.28. The Hall–Kier alpha value is -1.14. The molecule has 4 nitrogen and oxygen atoms in total. The summed E-state index contributed by atoms with van der Waals surface area (Å²) in [6.45, 7) is 11.6. The van der Waals surface area contributed by atoms with Gasteiger partial charge in [-0.05, 0) is 19.9 Å². The summed E-state index contributed by atoms with van der Waals surface area (Å²) in [7, 11) is -3.76. The first kappa shape index (κ1) is 16.9. The van der Waals surface area contributed by atoms with E-state index in [1.165, 1.54) is 19.1 Å². The van der Waals surface area contributed by atoms with Gasteiger partial charge in [0.25, 0.3) is 0 Å². The van der Waals surface area contributed by atoms with Gasteiger partial charge in [0, 0.05) is 5.92 Å². The standard InChI is InChI=1S/C12H20FNO3S/c1-6-11(13)10(5)17-9(4)8(3)12(7-2)18(14,15)16/h6-9,12H,2,5H2,1,3-4H3,(H2,14,15,16)/b11-6+/t8-,9+,12?/m1/s1. The molecule has 3 atom stereocenters. The summed E-state index contributed by atoms with van der Waals surface area (Å²) in [4.78, 5) is 0. The van der Waals surface area contributed by atoms with E-state index in [-0.39, 0.29) is 5.76 Å². The highest BCUT2D eigenvalue weighted by molar-refractivity contribution is 7.89. The first-order valence-corrected chi connectivity index (χ1v) is 7.08. The van der Waals surface area contributed by atoms with Crippen molar-refractivity contribution in [1.82, 2.24) is 0 Å². The molecule has 18 heavy (non-hydrogen) atoms. The zero-order chi connectivity index (χ0) is 14.5. The Morgan fingerprint density at radius 3 is 2.28 bits per heavy atom. The van der Waals surface area contributed by atoms with Gasteiger partial charge in [-0.15, -0.1) is 6.58 Å². The van der Waals surface area contributed by atoms with Crippen molar-refractivity contribution < 1.29 is 17.5 Å². The van der Waals surface area contributed by atoms with Crippen LogP contribution in [-0.4, -0.2) is 19.8 Å². The predicted octanol–water partition coefficient (Wildman–Crippen LogP) is 2.26. The predicted molar refractivity (Wildman–Crippen MR) is 70.8 cm³/mol. The minimum atomic E-state index is -3.76. The summed E-state index contributed by atoms with van der Waals surface area (Å²) in [6, 6.07) is 0. The second-order valence-corrected chi connectivity index (χ2v) is 5.75. The molecule has 6 heteroatoms. The van der Waals surface area contributed by atoms with Crippen molar-refractivity contribution in [3.8, 4) is 0 Å². The number of hydrogen-bond donors (Lipinski definition) is 1. The largest absolute Gasteiger partial charge is 0.488 e. The number of primary sulfonamides is 1. The summed E-state index contributed by atoms with van der Waals surface area (Å²) in [5, 5.41) is 4.13. The Balaban J connectivity index is 4.85. The Morgan fingerprint density at radius 2 is 1.94 bits per heavy atom. The molecule has 0 amide bonds. The summed E-state index contributed by atoms with van der Waals surface area (Å²) < 4.78 is 41.0. The third kappa shape index (κ3) is 4.62. The van der Waals surface area contributed by atoms with Gasteiger partial charge >= 0.3 is 0 Å². The van der Waals surface area contributed by atoms with Gasteiger partial charge in [-0.3, -0.25) is 0 Å². The van der Waals surface area contributed by atoms with Gasteiger partial charge in [0.05, 0.1) is 5.25 Å². The molecular weight excluding hydrogens is 257 g/mol. The van der Waals surface area contributed by atoms with Crippen molar-refractivity contribution in [2.75, 3.05) is 0 Å². The van der Waals surface area contributed by atoms with Gasteiger partial charge in [-0.2, -0.15) is 0 Å². The van der Waals surface area contributed by atoms with Crippen molar-refractivity contribution >= 4 is 10.0 Å². The van der Waals surface area contributed by atoms with Gasteiger partial charge in [0.1, 0.15) is 11.9 Å². The fraction of sp³-hybridized carbons (Fsp3) is 0.500. The highest BCUT2D eigenvalue weighted by Gasteiger charge is 2.30. The molecule has 0 aliphatic heterocycles. The monoisotopic (exact) mass is 277 g/mol. The molecule has 0 saturated carbocycles. The number of halogens is 1. The third-order valence-electron chi connectivity index (χ3n) is 2.72. The highest BCUT2D eigenvalue weighted by Crippen LogP contribution is 2.22. The van der Waals surface area contributed by atoms with E-state index in [0.29, 0.717) is 0 Å². The normalized spacial score (nSPS) is 17.7. The summed E-state index contributed by atoms with van der Waals surface area (Å²) in [6.07, 6.45) is 1.89. The van der Waals surface area contributed by atoms with Gasteiger partial charge in [0.2, 0.25) is 10.0 Å². The van der Waals surface area contributed by atoms with E-state index in [2.05, 4.69) is 13.2 Å². The molecule has 0 aromatic heterocycles. The van der Waals surface area contributed by atoms with E-state index in [1.54, 1.807) is 13.8 Å². The number of allylic oxidation sites excluding steroid dienone is 2. The van der Waals surface area contributed by atoms with E-state index in [0.717, 1.165) is 0 Å². The van der Waals surface area contributed by atoms with Crippen LogP contribution in [0, 0.1) is 5.92 Å². The molecular formula is C12H20FNO3S. The van der Waals surface area contributed by atoms with E-state index >= 15 is 0 Å². The molecule has 0 aliphatic carbocycles. The molecule has 0 heterocycles. The van der Waals surface area contributed by atoms with Crippen LogP contribution in [-0.2, 0) is 14.8 Å². The lowest BCUT2D eigenvalue weighted by Gasteiger charge is -2.26. The fourth-order valence-electron chi connectivity index (χ4n) is 1.46. The van der Waals surface area contributed by atoms with Crippen LogP contribution in [0.4, 0.5) is 4.39 Å². The van der Waals surface area contributed by atoms with Crippen LogP contribution >= 0.6 is 0 Å². The van der Waals surface area contributed by atoms with Crippen molar-refractivity contribution in [3.63, 3.8) is 0 Å². The van der Waals surface area contributed by atoms with E-state index in [1.807, 2.05) is 0 Å². The maximum atomic E-state index is 13.1. The average Bonchev–Trinajstić information content (AvgIpc) is 2.26. The fourth-order valence-corrected chi connectivity index (χ4v) is 2.55. The maximum absolute atomic E-state index is 13.1. The lowest BCUT2D eigenvalue weighted by Crippen LogP contribution is -2.37. The summed E-state index contributed by atoms with van der Waals surface area (Å²) in [5.41, 5.74) is 0. The first-order valence-electron chi connectivity index (χ1n) is 5.47. The summed E-state index contributed by atoms with van der Waals surface area (Å²) in [5.74, 6) is -1.19. The smallest absolute Gasteiger partial charge is 0.215 e. The van der Waals surface area contributed by atoms with Crippen LogP contribution in [0.2, 0.25) is 0 Å². The molecule has 0 saturated heterocycles. The zero-order valence-corrected chi connectivity index (χ0v) is 11.7. The second kappa shape index (κ2) is 6.70. The van der Waals surface area contributed by atoms with Crippen LogP contribution in [0.15, 0.2) is 36.9 Å². The molecule has 0 rings (SSSR count). The average molecular weight is 277 g/mol. The van der Waals surface area contributed by atoms with E-state index in [4.69, 9.17) is 9.88 Å². The zero-order valence-electron chi connectivity index (χ0n) is 10.9. The van der Waals surface area contributed by atoms with Crippen molar-refractivity contribution in [3.05, 3.63) is 36.9 Å². The molecule has 1 unspecified atom stereocenters. The molecule has 2 N–H and O–H groups in total. The van der Waals surface area contributed by atoms with Crippen LogP contribution < -0.4 is 5.14 Å². The van der Waals surface area contributed by atoms with Crippen molar-refractivity contribution in [2.45, 2.75) is 32.1 Å². The molecule has 0 bridgehead atoms. The van der Waals surface area contributed by atoms with E-state index < -0.39 is 33.1 Å². The number of sulfonamides is 1. The Bertz CT molecular complexity index is 442. The Labute approximate surface area is 108 Å². The molecule has 0 fully saturated rings. The van der Waals surface area contributed by atoms with Gasteiger partial charge in [-0.25, -0.2) is 17.9 Å². The quantitative estimate of drug-likeness (QED) is 0.441. The van der Waals surface area contributed by atoms with Crippen LogP contribution in [0.3, 0.4) is 0 Å². The number of nitrogens with two attached hydrogens (primary N) is 1. The molecule has 0 aromatic rings. The van der Waals surface area contributed by atoms with Gasteiger partial charge < -0.3 is 4.74 Å². The summed E-state index contributed by atoms with van der Waals surface area (Å²) >= 11 is 0. The molecule has 104 valence electrons. The second-order valence-electron chi connectivity index (χ2n) is 4.03. The molecule has 0 radical (unpaired) electrons. The highest BCUT2D eigenvalue weighted by atomic mass is 32.2. The minimum absolute atomic E-state index is 0.130. The number of hydrogen-bond acceptors (Lipinski definition) is 3. The number of rotatable bonds is 7. The van der Waals surface area contributed by atoms with Crippen LogP contribution in [0.5, 0.6) is 0 Å². The van der Waals surface area contributed by atoms with Crippen molar-refractivity contribution in [2.24, 2.45) is 11.1 Å². The minimum Gasteiger partial charge on any atom is -0.488 e.